The van der Waals surface area contributed by atoms with Crippen LogP contribution in [0.3, 0.4) is 0 Å². The molecule has 9 aromatic rings. The summed E-state index contributed by atoms with van der Waals surface area (Å²) in [6.07, 6.45) is 0. The van der Waals surface area contributed by atoms with Gasteiger partial charge in [-0.2, -0.15) is 0 Å². The van der Waals surface area contributed by atoms with Crippen molar-refractivity contribution in [2.45, 2.75) is 0 Å². The van der Waals surface area contributed by atoms with Crippen LogP contribution < -0.4 is 0 Å². The second-order valence-corrected chi connectivity index (χ2v) is 11.3. The molecule has 0 atom stereocenters. The lowest BCUT2D eigenvalue weighted by atomic mass is 10.0. The van der Waals surface area contributed by atoms with E-state index in [4.69, 9.17) is 23.8 Å². The van der Waals surface area contributed by atoms with Crippen LogP contribution in [0.15, 0.2) is 160 Å². The molecule has 0 spiro atoms. The molecule has 9 rings (SSSR count). The van der Waals surface area contributed by atoms with Crippen LogP contribution in [0.25, 0.3) is 89.5 Å². The first-order valence-electron chi connectivity index (χ1n) is 15.2. The summed E-state index contributed by atoms with van der Waals surface area (Å²) in [6.45, 7) is 0. The highest BCUT2D eigenvalue weighted by molar-refractivity contribution is 6.05. The van der Waals surface area contributed by atoms with Gasteiger partial charge >= 0.3 is 0 Å². The maximum absolute atomic E-state index is 6.20. The van der Waals surface area contributed by atoms with Crippen LogP contribution in [0.4, 0.5) is 0 Å². The molecule has 0 aliphatic rings. The van der Waals surface area contributed by atoms with Gasteiger partial charge in [-0.15, -0.1) is 0 Å². The van der Waals surface area contributed by atoms with Crippen molar-refractivity contribution in [2.75, 3.05) is 0 Å². The summed E-state index contributed by atoms with van der Waals surface area (Å²) in [4.78, 5) is 14.9. The smallest absolute Gasteiger partial charge is 0.164 e. The molecule has 3 aromatic heterocycles. The number of nitrogens with zero attached hydrogens (tertiary/aromatic N) is 3. The van der Waals surface area contributed by atoms with Crippen molar-refractivity contribution in [3.8, 4) is 56.6 Å². The Kier molecular flexibility index (Phi) is 6.06. The molecule has 6 aromatic carbocycles. The summed E-state index contributed by atoms with van der Waals surface area (Å²) >= 11 is 0. The number of benzene rings is 6. The van der Waals surface area contributed by atoms with Crippen molar-refractivity contribution in [1.29, 1.82) is 0 Å². The molecule has 5 nitrogen and oxygen atoms in total. The molecule has 5 heteroatoms. The molecule has 46 heavy (non-hydrogen) atoms. The number of para-hydroxylation sites is 2. The third kappa shape index (κ3) is 4.62. The van der Waals surface area contributed by atoms with Gasteiger partial charge in [-0.05, 0) is 41.5 Å². The minimum absolute atomic E-state index is 0.579. The van der Waals surface area contributed by atoms with Crippen LogP contribution in [0.5, 0.6) is 0 Å². The summed E-state index contributed by atoms with van der Waals surface area (Å²) in [5.41, 5.74) is 8.46. The topological polar surface area (TPSA) is 65.0 Å². The molecule has 0 N–H and O–H groups in total. The second-order valence-electron chi connectivity index (χ2n) is 11.3. The van der Waals surface area contributed by atoms with Gasteiger partial charge in [0.2, 0.25) is 0 Å². The first-order valence-corrected chi connectivity index (χ1v) is 15.2. The predicted molar refractivity (Wildman–Crippen MR) is 184 cm³/mol. The van der Waals surface area contributed by atoms with Crippen LogP contribution in [0.2, 0.25) is 0 Å². The third-order valence-electron chi connectivity index (χ3n) is 8.38. The zero-order valence-corrected chi connectivity index (χ0v) is 24.6. The van der Waals surface area contributed by atoms with E-state index in [0.717, 1.165) is 72.0 Å². The van der Waals surface area contributed by atoms with Crippen molar-refractivity contribution in [3.63, 3.8) is 0 Å². The second kappa shape index (κ2) is 10.7. The molecule has 0 aliphatic heterocycles. The number of rotatable bonds is 5. The zero-order chi connectivity index (χ0) is 30.5. The van der Waals surface area contributed by atoms with Crippen molar-refractivity contribution >= 4 is 32.9 Å². The van der Waals surface area contributed by atoms with E-state index >= 15 is 0 Å². The molecule has 0 saturated carbocycles. The lowest BCUT2D eigenvalue weighted by molar-refractivity contribution is 0.631. The van der Waals surface area contributed by atoms with Gasteiger partial charge in [-0.3, -0.25) is 0 Å². The highest BCUT2D eigenvalue weighted by Gasteiger charge is 2.15. The maximum Gasteiger partial charge on any atom is 0.164 e. The first-order chi connectivity index (χ1) is 22.7. The van der Waals surface area contributed by atoms with Crippen LogP contribution in [-0.2, 0) is 0 Å². The molecule has 0 aliphatic carbocycles. The number of furan rings is 2. The fraction of sp³-hybridized carbons (Fsp3) is 0. The van der Waals surface area contributed by atoms with E-state index in [1.54, 1.807) is 0 Å². The minimum Gasteiger partial charge on any atom is -0.456 e. The summed E-state index contributed by atoms with van der Waals surface area (Å²) in [7, 11) is 0. The number of hydrogen-bond donors (Lipinski definition) is 0. The molecule has 3 heterocycles. The SMILES string of the molecule is c1ccc(-c2ccc(-c3nc(-c4ccc(-c5cc6ccccc6o5)cc4)nc(-c4ccc5c(c4)oc4ccccc45)n3)cc2)cc1. The summed E-state index contributed by atoms with van der Waals surface area (Å²) < 4.78 is 12.3. The molecule has 0 bridgehead atoms. The van der Waals surface area contributed by atoms with Crippen molar-refractivity contribution < 1.29 is 8.83 Å². The first kappa shape index (κ1) is 26.1. The van der Waals surface area contributed by atoms with Gasteiger partial charge in [0.15, 0.2) is 17.5 Å². The van der Waals surface area contributed by atoms with Gasteiger partial charge < -0.3 is 8.83 Å². The van der Waals surface area contributed by atoms with Crippen molar-refractivity contribution in [3.05, 3.63) is 152 Å². The molecule has 216 valence electrons. The Bertz CT molecular complexity index is 2480. The molecule has 0 saturated heterocycles. The Hall–Kier alpha value is -6.33. The van der Waals surface area contributed by atoms with Crippen LogP contribution >= 0.6 is 0 Å². The van der Waals surface area contributed by atoms with E-state index in [1.807, 2.05) is 84.9 Å². The summed E-state index contributed by atoms with van der Waals surface area (Å²) in [5.74, 6) is 2.59. The quantitative estimate of drug-likeness (QED) is 0.199. The molecular formula is C41H25N3O2. The van der Waals surface area contributed by atoms with Gasteiger partial charge in [-0.25, -0.2) is 15.0 Å². The Balaban J connectivity index is 1.15. The van der Waals surface area contributed by atoms with E-state index < -0.39 is 0 Å². The average molecular weight is 592 g/mol. The summed E-state index contributed by atoms with van der Waals surface area (Å²) in [5, 5.41) is 3.23. The molecule has 0 amide bonds. The van der Waals surface area contributed by atoms with E-state index in [0.29, 0.717) is 17.5 Å². The van der Waals surface area contributed by atoms with Crippen LogP contribution in [-0.4, -0.2) is 15.0 Å². The minimum atomic E-state index is 0.579. The standard InChI is InChI=1S/C41H25N3O2/c1-2-8-26(9-3-1)27-14-18-29(19-15-27)39-42-40(30-20-16-28(17-21-30)37-24-31-10-4-6-12-35(31)45-37)44-41(43-39)32-22-23-34-33-11-5-7-13-36(33)46-38(34)25-32/h1-25H. The zero-order valence-electron chi connectivity index (χ0n) is 24.6. The molecular weight excluding hydrogens is 566 g/mol. The van der Waals surface area contributed by atoms with E-state index in [1.165, 1.54) is 0 Å². The van der Waals surface area contributed by atoms with Gasteiger partial charge in [0.05, 0.1) is 0 Å². The fourth-order valence-electron chi connectivity index (χ4n) is 5.98. The monoisotopic (exact) mass is 591 g/mol. The normalized spacial score (nSPS) is 11.5. The van der Waals surface area contributed by atoms with E-state index in [2.05, 4.69) is 66.7 Å². The number of aromatic nitrogens is 3. The number of fused-ring (bicyclic) bond motifs is 4. The number of hydrogen-bond acceptors (Lipinski definition) is 5. The Morgan fingerprint density at radius 1 is 0.326 bits per heavy atom. The van der Waals surface area contributed by atoms with Gasteiger partial charge in [-0.1, -0.05) is 121 Å². The van der Waals surface area contributed by atoms with Crippen molar-refractivity contribution in [1.82, 2.24) is 15.0 Å². The highest BCUT2D eigenvalue weighted by Crippen LogP contribution is 2.34. The average Bonchev–Trinajstić information content (AvgIpc) is 3.73. The van der Waals surface area contributed by atoms with E-state index in [-0.39, 0.29) is 0 Å². The summed E-state index contributed by atoms with van der Waals surface area (Å²) in [6, 6.07) is 51.2. The van der Waals surface area contributed by atoms with Crippen LogP contribution in [0.1, 0.15) is 0 Å². The van der Waals surface area contributed by atoms with Crippen LogP contribution in [0, 0.1) is 0 Å². The molecule has 0 unspecified atom stereocenters. The Labute approximate surface area is 264 Å². The predicted octanol–water partition coefficient (Wildman–Crippen LogP) is 10.9. The Morgan fingerprint density at radius 3 is 1.57 bits per heavy atom. The lowest BCUT2D eigenvalue weighted by Gasteiger charge is -2.09. The largest absolute Gasteiger partial charge is 0.456 e. The fourth-order valence-corrected chi connectivity index (χ4v) is 5.98. The highest BCUT2D eigenvalue weighted by atomic mass is 16.3. The van der Waals surface area contributed by atoms with Gasteiger partial charge in [0, 0.05) is 38.4 Å². The van der Waals surface area contributed by atoms with Crippen molar-refractivity contribution in [2.24, 2.45) is 0 Å². The lowest BCUT2D eigenvalue weighted by Crippen LogP contribution is -2.00. The van der Waals surface area contributed by atoms with Gasteiger partial charge in [0.1, 0.15) is 22.5 Å². The van der Waals surface area contributed by atoms with E-state index in [9.17, 15) is 0 Å². The molecule has 0 fully saturated rings. The molecule has 0 radical (unpaired) electrons. The third-order valence-corrected chi connectivity index (χ3v) is 8.38. The Morgan fingerprint density at radius 2 is 0.848 bits per heavy atom. The van der Waals surface area contributed by atoms with Gasteiger partial charge in [0.25, 0.3) is 0 Å². The maximum atomic E-state index is 6.20.